The fraction of sp³-hybridized carbons (Fsp3) is 0.278. The molecule has 1 heterocycles. The molecule has 0 saturated heterocycles. The smallest absolute Gasteiger partial charge is 0.252 e. The van der Waals surface area contributed by atoms with Gasteiger partial charge in [-0.3, -0.25) is 4.79 Å². The van der Waals surface area contributed by atoms with Gasteiger partial charge < -0.3 is 15.3 Å². The minimum Gasteiger partial charge on any atom is -0.387 e. The lowest BCUT2D eigenvalue weighted by Crippen LogP contribution is -2.28. The number of aliphatic hydroxyl groups excluding tert-OH is 1. The van der Waals surface area contributed by atoms with E-state index < -0.39 is 6.10 Å². The van der Waals surface area contributed by atoms with Crippen molar-refractivity contribution in [2.75, 3.05) is 25.0 Å². The van der Waals surface area contributed by atoms with E-state index in [-0.39, 0.29) is 12.5 Å². The van der Waals surface area contributed by atoms with E-state index in [4.69, 9.17) is 23.2 Å². The molecule has 0 spiro atoms. The van der Waals surface area contributed by atoms with Gasteiger partial charge in [0.15, 0.2) is 0 Å². The summed E-state index contributed by atoms with van der Waals surface area (Å²) in [6, 6.07) is 10.6. The zero-order chi connectivity index (χ0) is 17.3. The zero-order valence-corrected chi connectivity index (χ0v) is 14.7. The van der Waals surface area contributed by atoms with Gasteiger partial charge in [-0.2, -0.15) is 0 Å². The van der Waals surface area contributed by atoms with Gasteiger partial charge in [-0.25, -0.2) is 0 Å². The van der Waals surface area contributed by atoms with Crippen molar-refractivity contribution in [3.05, 3.63) is 63.1 Å². The molecule has 0 bridgehead atoms. The maximum Gasteiger partial charge on any atom is 0.252 e. The first-order chi connectivity index (χ1) is 11.5. The van der Waals surface area contributed by atoms with Crippen LogP contribution in [0.2, 0.25) is 10.0 Å². The second kappa shape index (κ2) is 7.01. The number of halogens is 2. The number of nitrogens with zero attached hydrogens (tertiary/aromatic N) is 1. The van der Waals surface area contributed by atoms with E-state index in [2.05, 4.69) is 17.3 Å². The standard InChI is InChI=1S/C18H18Cl2N2O2/c1-22-7-6-11-8-12(2-5-16(11)22)17(23)10-21-18(24)14-9-13(19)3-4-15(14)20/h2-5,8-9,17,23H,6-7,10H2,1H3,(H,21,24). The Labute approximate surface area is 151 Å². The molecule has 0 saturated carbocycles. The molecule has 3 rings (SSSR count). The Morgan fingerprint density at radius 2 is 2.08 bits per heavy atom. The van der Waals surface area contributed by atoms with E-state index >= 15 is 0 Å². The van der Waals surface area contributed by atoms with Crippen molar-refractivity contribution >= 4 is 34.8 Å². The molecule has 2 N–H and O–H groups in total. The van der Waals surface area contributed by atoms with Gasteiger partial charge in [-0.1, -0.05) is 35.3 Å². The number of carbonyl (C=O) groups excluding carboxylic acids is 1. The predicted octanol–water partition coefficient (Wildman–Crippen LogP) is 3.45. The van der Waals surface area contributed by atoms with Gasteiger partial charge in [0, 0.05) is 30.8 Å². The molecule has 126 valence electrons. The van der Waals surface area contributed by atoms with Crippen molar-refractivity contribution in [1.29, 1.82) is 0 Å². The number of hydrogen-bond acceptors (Lipinski definition) is 3. The predicted molar refractivity (Wildman–Crippen MR) is 97.2 cm³/mol. The Kier molecular flexibility index (Phi) is 4.99. The van der Waals surface area contributed by atoms with Crippen molar-refractivity contribution in [3.8, 4) is 0 Å². The van der Waals surface area contributed by atoms with E-state index in [0.717, 1.165) is 18.5 Å². The summed E-state index contributed by atoms with van der Waals surface area (Å²) in [5.41, 5.74) is 3.51. The minimum absolute atomic E-state index is 0.107. The summed E-state index contributed by atoms with van der Waals surface area (Å²) < 4.78 is 0. The molecule has 0 aromatic heterocycles. The van der Waals surface area contributed by atoms with Crippen LogP contribution in [0.25, 0.3) is 0 Å². The summed E-state index contributed by atoms with van der Waals surface area (Å²) >= 11 is 11.9. The molecule has 2 aromatic rings. The first kappa shape index (κ1) is 17.1. The quantitative estimate of drug-likeness (QED) is 0.873. The molecule has 1 atom stereocenters. The third-order valence-corrected chi connectivity index (χ3v) is 4.81. The average molecular weight is 365 g/mol. The summed E-state index contributed by atoms with van der Waals surface area (Å²) in [7, 11) is 2.05. The molecule has 0 fully saturated rings. The van der Waals surface area contributed by atoms with Gasteiger partial charge in [0.05, 0.1) is 16.7 Å². The number of anilines is 1. The molecule has 6 heteroatoms. The highest BCUT2D eigenvalue weighted by molar-refractivity contribution is 6.35. The highest BCUT2D eigenvalue weighted by Crippen LogP contribution is 2.29. The van der Waals surface area contributed by atoms with Gasteiger partial charge in [0.2, 0.25) is 0 Å². The van der Waals surface area contributed by atoms with Gasteiger partial charge in [0.1, 0.15) is 0 Å². The molecule has 0 radical (unpaired) electrons. The first-order valence-electron chi connectivity index (χ1n) is 7.71. The van der Waals surface area contributed by atoms with Gasteiger partial charge in [-0.05, 0) is 41.8 Å². The van der Waals surface area contributed by atoms with Crippen molar-refractivity contribution in [3.63, 3.8) is 0 Å². The normalized spacial score (nSPS) is 14.4. The lowest BCUT2D eigenvalue weighted by atomic mass is 10.0. The van der Waals surface area contributed by atoms with Crippen LogP contribution in [0.3, 0.4) is 0 Å². The third-order valence-electron chi connectivity index (χ3n) is 4.25. The Morgan fingerprint density at radius 3 is 2.88 bits per heavy atom. The lowest BCUT2D eigenvalue weighted by molar-refractivity contribution is 0.0916. The molecular weight excluding hydrogens is 347 g/mol. The summed E-state index contributed by atoms with van der Waals surface area (Å²) in [4.78, 5) is 14.4. The molecule has 2 aromatic carbocycles. The number of nitrogens with one attached hydrogen (secondary N) is 1. The second-order valence-corrected chi connectivity index (χ2v) is 6.75. The molecule has 1 amide bonds. The zero-order valence-electron chi connectivity index (χ0n) is 13.2. The number of likely N-dealkylation sites (N-methyl/N-ethyl adjacent to an activating group) is 1. The van der Waals surface area contributed by atoms with Crippen LogP contribution in [-0.4, -0.2) is 31.2 Å². The maximum absolute atomic E-state index is 12.2. The fourth-order valence-electron chi connectivity index (χ4n) is 2.87. The topological polar surface area (TPSA) is 52.6 Å². The number of rotatable bonds is 4. The number of amides is 1. The van der Waals surface area contributed by atoms with E-state index in [1.807, 2.05) is 18.2 Å². The van der Waals surface area contributed by atoms with Crippen molar-refractivity contribution in [2.24, 2.45) is 0 Å². The Balaban J connectivity index is 1.66. The third kappa shape index (κ3) is 3.51. The van der Waals surface area contributed by atoms with Crippen LogP contribution in [0.4, 0.5) is 5.69 Å². The largest absolute Gasteiger partial charge is 0.387 e. The number of fused-ring (bicyclic) bond motifs is 1. The molecule has 1 aliphatic heterocycles. The van der Waals surface area contributed by atoms with Crippen LogP contribution in [0, 0.1) is 0 Å². The van der Waals surface area contributed by atoms with Crippen molar-refractivity contribution in [2.45, 2.75) is 12.5 Å². The molecule has 4 nitrogen and oxygen atoms in total. The van der Waals surface area contributed by atoms with Gasteiger partial charge >= 0.3 is 0 Å². The number of benzene rings is 2. The SMILES string of the molecule is CN1CCc2cc(C(O)CNC(=O)c3cc(Cl)ccc3Cl)ccc21. The molecular formula is C18H18Cl2N2O2. The van der Waals surface area contributed by atoms with Crippen LogP contribution in [0.15, 0.2) is 36.4 Å². The van der Waals surface area contributed by atoms with Crippen LogP contribution >= 0.6 is 23.2 Å². The van der Waals surface area contributed by atoms with Crippen molar-refractivity contribution in [1.82, 2.24) is 5.32 Å². The summed E-state index contributed by atoms with van der Waals surface area (Å²) in [6.07, 6.45) is 0.194. The van der Waals surface area contributed by atoms with E-state index in [0.29, 0.717) is 15.6 Å². The van der Waals surface area contributed by atoms with Gasteiger partial charge in [0.25, 0.3) is 5.91 Å². The first-order valence-corrected chi connectivity index (χ1v) is 8.46. The van der Waals surface area contributed by atoms with E-state index in [1.54, 1.807) is 12.1 Å². The van der Waals surface area contributed by atoms with Crippen LogP contribution in [0.5, 0.6) is 0 Å². The summed E-state index contributed by atoms with van der Waals surface area (Å²) in [6.45, 7) is 1.09. The van der Waals surface area contributed by atoms with Gasteiger partial charge in [-0.15, -0.1) is 0 Å². The molecule has 0 aliphatic carbocycles. The van der Waals surface area contributed by atoms with E-state index in [1.165, 1.54) is 17.3 Å². The highest BCUT2D eigenvalue weighted by atomic mass is 35.5. The average Bonchev–Trinajstić information content (AvgIpc) is 2.95. The molecule has 1 unspecified atom stereocenters. The fourth-order valence-corrected chi connectivity index (χ4v) is 3.24. The second-order valence-electron chi connectivity index (χ2n) is 5.91. The Bertz CT molecular complexity index is 780. The van der Waals surface area contributed by atoms with Crippen LogP contribution in [0.1, 0.15) is 27.6 Å². The highest BCUT2D eigenvalue weighted by Gasteiger charge is 2.19. The molecule has 24 heavy (non-hydrogen) atoms. The number of carbonyl (C=O) groups is 1. The van der Waals surface area contributed by atoms with Crippen molar-refractivity contribution < 1.29 is 9.90 Å². The molecule has 1 aliphatic rings. The monoisotopic (exact) mass is 364 g/mol. The Hall–Kier alpha value is -1.75. The minimum atomic E-state index is -0.775. The maximum atomic E-state index is 12.2. The number of aliphatic hydroxyl groups is 1. The Morgan fingerprint density at radius 1 is 1.29 bits per heavy atom. The summed E-state index contributed by atoms with van der Waals surface area (Å²) in [5, 5.41) is 13.8. The lowest BCUT2D eigenvalue weighted by Gasteiger charge is -2.16. The number of hydrogen-bond donors (Lipinski definition) is 2. The van der Waals surface area contributed by atoms with E-state index in [9.17, 15) is 9.90 Å². The van der Waals surface area contributed by atoms with Crippen LogP contribution in [-0.2, 0) is 6.42 Å². The summed E-state index contributed by atoms with van der Waals surface area (Å²) in [5.74, 6) is -0.359. The van der Waals surface area contributed by atoms with Crippen LogP contribution < -0.4 is 10.2 Å².